The van der Waals surface area contributed by atoms with Crippen molar-refractivity contribution in [1.29, 1.82) is 0 Å². The molecule has 1 aromatic heterocycles. The highest BCUT2D eigenvalue weighted by atomic mass is 79.9. The summed E-state index contributed by atoms with van der Waals surface area (Å²) in [7, 11) is 2.15. The number of imidazole rings is 1. The average Bonchev–Trinajstić information content (AvgIpc) is 2.72. The molecule has 0 radical (unpaired) electrons. The first-order valence-electron chi connectivity index (χ1n) is 5.79. The molecule has 90 valence electrons. The second-order valence-electron chi connectivity index (χ2n) is 4.55. The Balaban J connectivity index is 1.94. The van der Waals surface area contributed by atoms with Crippen molar-refractivity contribution in [2.45, 2.75) is 6.04 Å². The predicted octanol–water partition coefficient (Wildman–Crippen LogP) is 1.90. The summed E-state index contributed by atoms with van der Waals surface area (Å²) in [4.78, 5) is 10.4. The minimum absolute atomic E-state index is 0.305. The predicted molar refractivity (Wildman–Crippen MR) is 72.0 cm³/mol. The van der Waals surface area contributed by atoms with Crippen molar-refractivity contribution in [3.8, 4) is 0 Å². The van der Waals surface area contributed by atoms with Crippen LogP contribution in [0.4, 0.5) is 0 Å². The van der Waals surface area contributed by atoms with Crippen molar-refractivity contribution in [2.24, 2.45) is 0 Å². The van der Waals surface area contributed by atoms with Gasteiger partial charge in [0, 0.05) is 24.1 Å². The molecule has 0 saturated carbocycles. The minimum Gasteiger partial charge on any atom is -0.341 e. The molecule has 4 nitrogen and oxygen atoms in total. The number of piperazine rings is 1. The fraction of sp³-hybridized carbons (Fsp3) is 0.417. The number of hydrogen-bond donors (Lipinski definition) is 2. The number of aromatic amines is 1. The second-order valence-corrected chi connectivity index (χ2v) is 5.47. The van der Waals surface area contributed by atoms with Gasteiger partial charge in [0.15, 0.2) is 0 Å². The standard InChI is InChI=1S/C12H15BrN4/c1-17-5-4-14-11(7-17)12-15-9-3-2-8(13)6-10(9)16-12/h2-3,6,11,14H,4-5,7H2,1H3,(H,15,16). The zero-order valence-electron chi connectivity index (χ0n) is 9.70. The largest absolute Gasteiger partial charge is 0.341 e. The summed E-state index contributed by atoms with van der Waals surface area (Å²) >= 11 is 3.48. The first kappa shape index (κ1) is 11.2. The van der Waals surface area contributed by atoms with E-state index in [1.807, 2.05) is 12.1 Å². The number of rotatable bonds is 1. The Hall–Kier alpha value is -0.910. The maximum absolute atomic E-state index is 4.65. The molecule has 0 amide bonds. The van der Waals surface area contributed by atoms with Crippen LogP contribution in [-0.4, -0.2) is 41.5 Å². The number of benzene rings is 1. The number of nitrogens with one attached hydrogen (secondary N) is 2. The van der Waals surface area contributed by atoms with Gasteiger partial charge in [-0.3, -0.25) is 0 Å². The van der Waals surface area contributed by atoms with Gasteiger partial charge in [0.25, 0.3) is 0 Å². The first-order chi connectivity index (χ1) is 8.22. The SMILES string of the molecule is CN1CCNC(c2nc3ccc(Br)cc3[nH]2)C1. The monoisotopic (exact) mass is 294 g/mol. The fourth-order valence-electron chi connectivity index (χ4n) is 2.25. The van der Waals surface area contributed by atoms with Gasteiger partial charge in [-0.1, -0.05) is 15.9 Å². The summed E-state index contributed by atoms with van der Waals surface area (Å²) in [5.41, 5.74) is 2.11. The van der Waals surface area contributed by atoms with E-state index in [-0.39, 0.29) is 0 Å². The molecule has 2 aromatic rings. The molecular formula is C12H15BrN4. The Bertz CT molecular complexity index is 536. The van der Waals surface area contributed by atoms with E-state index >= 15 is 0 Å². The highest BCUT2D eigenvalue weighted by Gasteiger charge is 2.20. The molecule has 1 aliphatic heterocycles. The molecule has 0 aliphatic carbocycles. The molecular weight excluding hydrogens is 280 g/mol. The molecule has 1 atom stereocenters. The van der Waals surface area contributed by atoms with E-state index in [2.05, 4.69) is 49.2 Å². The maximum atomic E-state index is 4.65. The van der Waals surface area contributed by atoms with E-state index in [1.165, 1.54) is 0 Å². The Morgan fingerprint density at radius 1 is 1.47 bits per heavy atom. The van der Waals surface area contributed by atoms with E-state index in [0.717, 1.165) is 41.0 Å². The molecule has 5 heteroatoms. The van der Waals surface area contributed by atoms with E-state index in [9.17, 15) is 0 Å². The number of nitrogens with zero attached hydrogens (tertiary/aromatic N) is 2. The Morgan fingerprint density at radius 3 is 3.18 bits per heavy atom. The molecule has 1 unspecified atom stereocenters. The van der Waals surface area contributed by atoms with Crippen LogP contribution in [0.5, 0.6) is 0 Å². The van der Waals surface area contributed by atoms with Gasteiger partial charge >= 0.3 is 0 Å². The highest BCUT2D eigenvalue weighted by Crippen LogP contribution is 2.21. The van der Waals surface area contributed by atoms with Gasteiger partial charge in [0.05, 0.1) is 17.1 Å². The van der Waals surface area contributed by atoms with Gasteiger partial charge in [-0.2, -0.15) is 0 Å². The molecule has 1 fully saturated rings. The molecule has 3 rings (SSSR count). The summed E-state index contributed by atoms with van der Waals surface area (Å²) in [5, 5.41) is 3.49. The zero-order chi connectivity index (χ0) is 11.8. The van der Waals surface area contributed by atoms with Crippen LogP contribution in [0, 0.1) is 0 Å². The van der Waals surface area contributed by atoms with Crippen molar-refractivity contribution in [3.05, 3.63) is 28.5 Å². The third kappa shape index (κ3) is 2.22. The first-order valence-corrected chi connectivity index (χ1v) is 6.59. The minimum atomic E-state index is 0.305. The van der Waals surface area contributed by atoms with Crippen molar-refractivity contribution in [2.75, 3.05) is 26.7 Å². The van der Waals surface area contributed by atoms with E-state index < -0.39 is 0 Å². The third-order valence-electron chi connectivity index (χ3n) is 3.17. The van der Waals surface area contributed by atoms with Crippen LogP contribution >= 0.6 is 15.9 Å². The summed E-state index contributed by atoms with van der Waals surface area (Å²) in [6.45, 7) is 3.12. The zero-order valence-corrected chi connectivity index (χ0v) is 11.3. The van der Waals surface area contributed by atoms with E-state index in [1.54, 1.807) is 0 Å². The lowest BCUT2D eigenvalue weighted by molar-refractivity contribution is 0.236. The number of aromatic nitrogens is 2. The van der Waals surface area contributed by atoms with Crippen LogP contribution in [0.15, 0.2) is 22.7 Å². The Kier molecular flexibility index (Phi) is 2.90. The lowest BCUT2D eigenvalue weighted by atomic mass is 10.2. The Morgan fingerprint density at radius 2 is 2.35 bits per heavy atom. The molecule has 1 aromatic carbocycles. The van der Waals surface area contributed by atoms with Gasteiger partial charge in [-0.25, -0.2) is 4.98 Å². The maximum Gasteiger partial charge on any atom is 0.125 e. The fourth-order valence-corrected chi connectivity index (χ4v) is 2.61. The Labute approximate surface area is 109 Å². The topological polar surface area (TPSA) is 44.0 Å². The van der Waals surface area contributed by atoms with Gasteiger partial charge in [0.1, 0.15) is 5.82 Å². The van der Waals surface area contributed by atoms with Gasteiger partial charge < -0.3 is 15.2 Å². The summed E-state index contributed by atoms with van der Waals surface area (Å²) in [5.74, 6) is 1.03. The molecule has 1 aliphatic rings. The molecule has 17 heavy (non-hydrogen) atoms. The summed E-state index contributed by atoms with van der Waals surface area (Å²) in [6.07, 6.45) is 0. The molecule has 0 bridgehead atoms. The van der Waals surface area contributed by atoms with Crippen LogP contribution in [0.2, 0.25) is 0 Å². The van der Waals surface area contributed by atoms with E-state index in [4.69, 9.17) is 0 Å². The molecule has 0 spiro atoms. The van der Waals surface area contributed by atoms with Crippen LogP contribution < -0.4 is 5.32 Å². The quantitative estimate of drug-likeness (QED) is 0.844. The van der Waals surface area contributed by atoms with Crippen molar-refractivity contribution >= 4 is 27.0 Å². The molecule has 1 saturated heterocycles. The molecule has 2 N–H and O–H groups in total. The summed E-state index contributed by atoms with van der Waals surface area (Å²) in [6, 6.07) is 6.43. The number of likely N-dealkylation sites (N-methyl/N-ethyl adjacent to an activating group) is 1. The second kappa shape index (κ2) is 4.40. The van der Waals surface area contributed by atoms with Gasteiger partial charge in [-0.15, -0.1) is 0 Å². The number of H-pyrrole nitrogens is 1. The van der Waals surface area contributed by atoms with E-state index in [0.29, 0.717) is 6.04 Å². The highest BCUT2D eigenvalue weighted by molar-refractivity contribution is 9.10. The van der Waals surface area contributed by atoms with Gasteiger partial charge in [-0.05, 0) is 25.2 Å². The smallest absolute Gasteiger partial charge is 0.125 e. The number of hydrogen-bond acceptors (Lipinski definition) is 3. The van der Waals surface area contributed by atoms with Crippen LogP contribution in [0.3, 0.4) is 0 Å². The van der Waals surface area contributed by atoms with Crippen LogP contribution in [-0.2, 0) is 0 Å². The van der Waals surface area contributed by atoms with Gasteiger partial charge in [0.2, 0.25) is 0 Å². The number of fused-ring (bicyclic) bond motifs is 1. The van der Waals surface area contributed by atoms with Crippen LogP contribution in [0.1, 0.15) is 11.9 Å². The van der Waals surface area contributed by atoms with Crippen molar-refractivity contribution < 1.29 is 0 Å². The summed E-state index contributed by atoms with van der Waals surface area (Å²) < 4.78 is 1.08. The average molecular weight is 295 g/mol. The molecule has 2 heterocycles. The number of halogens is 1. The third-order valence-corrected chi connectivity index (χ3v) is 3.66. The van der Waals surface area contributed by atoms with Crippen molar-refractivity contribution in [3.63, 3.8) is 0 Å². The van der Waals surface area contributed by atoms with Crippen LogP contribution in [0.25, 0.3) is 11.0 Å². The van der Waals surface area contributed by atoms with Crippen molar-refractivity contribution in [1.82, 2.24) is 20.2 Å². The normalized spacial score (nSPS) is 22.1. The lowest BCUT2D eigenvalue weighted by Crippen LogP contribution is -2.44. The lowest BCUT2D eigenvalue weighted by Gasteiger charge is -2.29.